The van der Waals surface area contributed by atoms with Gasteiger partial charge in [-0.1, -0.05) is 0 Å². The molecule has 0 aliphatic rings. The zero-order valence-electron chi connectivity index (χ0n) is 9.44. The van der Waals surface area contributed by atoms with E-state index < -0.39 is 5.97 Å². The Morgan fingerprint density at radius 3 is 3.00 bits per heavy atom. The van der Waals surface area contributed by atoms with Gasteiger partial charge in [0.2, 0.25) is 0 Å². The fourth-order valence-corrected chi connectivity index (χ4v) is 2.23. The molecule has 90 valence electrons. The van der Waals surface area contributed by atoms with Gasteiger partial charge >= 0.3 is 5.97 Å². The van der Waals surface area contributed by atoms with Crippen LogP contribution in [0.4, 0.5) is 0 Å². The van der Waals surface area contributed by atoms with Gasteiger partial charge in [0.25, 0.3) is 0 Å². The molecule has 2 aromatic heterocycles. The summed E-state index contributed by atoms with van der Waals surface area (Å²) in [6, 6.07) is 1.76. The summed E-state index contributed by atoms with van der Waals surface area (Å²) in [5, 5.41) is 4.09. The summed E-state index contributed by atoms with van der Waals surface area (Å²) in [7, 11) is 1.57. The van der Waals surface area contributed by atoms with Crippen molar-refractivity contribution in [2.24, 2.45) is 0 Å². The predicted molar refractivity (Wildman–Crippen MR) is 65.4 cm³/mol. The van der Waals surface area contributed by atoms with Crippen molar-refractivity contribution >= 4 is 27.4 Å². The molecule has 0 fully saturated rings. The molecule has 0 saturated carbocycles. The number of hydrogen-bond acceptors (Lipinski definition) is 4. The second-order valence-corrected chi connectivity index (χ2v) is 4.06. The third-order valence-electron chi connectivity index (χ3n) is 2.30. The molecule has 17 heavy (non-hydrogen) atoms. The van der Waals surface area contributed by atoms with Crippen LogP contribution in [-0.4, -0.2) is 29.3 Å². The average Bonchev–Trinajstić information content (AvgIpc) is 2.74. The van der Waals surface area contributed by atoms with E-state index in [1.807, 2.05) is 0 Å². The summed E-state index contributed by atoms with van der Waals surface area (Å²) >= 11 is 3.40. The Morgan fingerprint density at radius 1 is 1.59 bits per heavy atom. The van der Waals surface area contributed by atoms with Crippen LogP contribution >= 0.6 is 15.9 Å². The van der Waals surface area contributed by atoms with Gasteiger partial charge in [-0.3, -0.25) is 0 Å². The highest BCUT2D eigenvalue weighted by atomic mass is 79.9. The molecule has 0 spiro atoms. The molecule has 0 aliphatic heterocycles. The topological polar surface area (TPSA) is 52.8 Å². The molecule has 0 aromatic carbocycles. The fraction of sp³-hybridized carbons (Fsp3) is 0.273. The van der Waals surface area contributed by atoms with Crippen LogP contribution in [-0.2, 0) is 4.74 Å². The highest BCUT2D eigenvalue weighted by Gasteiger charge is 2.18. The summed E-state index contributed by atoms with van der Waals surface area (Å²) in [5.74, 6) is 0.250. The molecule has 6 heteroatoms. The second-order valence-electron chi connectivity index (χ2n) is 3.27. The Bertz CT molecular complexity index is 565. The van der Waals surface area contributed by atoms with Crippen molar-refractivity contribution < 1.29 is 14.3 Å². The first-order chi connectivity index (χ1) is 8.19. The van der Waals surface area contributed by atoms with Crippen molar-refractivity contribution in [3.63, 3.8) is 0 Å². The largest absolute Gasteiger partial charge is 0.495 e. The van der Waals surface area contributed by atoms with E-state index in [9.17, 15) is 4.79 Å². The van der Waals surface area contributed by atoms with E-state index in [1.165, 1.54) is 6.20 Å². The summed E-state index contributed by atoms with van der Waals surface area (Å²) in [6.07, 6.45) is 3.21. The van der Waals surface area contributed by atoms with Gasteiger partial charge in [-0.25, -0.2) is 9.31 Å². The smallest absolute Gasteiger partial charge is 0.342 e. The molecule has 0 N–H and O–H groups in total. The van der Waals surface area contributed by atoms with Gasteiger partial charge in [0.1, 0.15) is 11.3 Å². The van der Waals surface area contributed by atoms with Crippen molar-refractivity contribution in [1.82, 2.24) is 9.61 Å². The molecular weight excluding hydrogens is 288 g/mol. The van der Waals surface area contributed by atoms with Crippen molar-refractivity contribution in [3.8, 4) is 5.75 Å². The number of halogens is 1. The van der Waals surface area contributed by atoms with Crippen LogP contribution in [0.3, 0.4) is 0 Å². The van der Waals surface area contributed by atoms with Crippen LogP contribution in [0.25, 0.3) is 5.52 Å². The summed E-state index contributed by atoms with van der Waals surface area (Å²) < 4.78 is 12.4. The van der Waals surface area contributed by atoms with Gasteiger partial charge in [0.05, 0.1) is 29.9 Å². The molecule has 2 rings (SSSR count). The molecule has 2 heterocycles. The van der Waals surface area contributed by atoms with Crippen molar-refractivity contribution in [2.45, 2.75) is 6.92 Å². The maximum atomic E-state index is 11.7. The van der Waals surface area contributed by atoms with Gasteiger partial charge in [0, 0.05) is 6.20 Å². The number of aromatic nitrogens is 2. The number of pyridine rings is 1. The number of methoxy groups -OCH3 is 1. The van der Waals surface area contributed by atoms with E-state index in [-0.39, 0.29) is 0 Å². The Labute approximate surface area is 106 Å². The maximum Gasteiger partial charge on any atom is 0.342 e. The lowest BCUT2D eigenvalue weighted by Gasteiger charge is -2.06. The predicted octanol–water partition coefficient (Wildman–Crippen LogP) is 2.28. The number of hydrogen-bond donors (Lipinski definition) is 0. The molecule has 0 unspecified atom stereocenters. The van der Waals surface area contributed by atoms with E-state index in [4.69, 9.17) is 9.47 Å². The van der Waals surface area contributed by atoms with Gasteiger partial charge in [0.15, 0.2) is 0 Å². The normalized spacial score (nSPS) is 10.5. The third-order valence-corrected chi connectivity index (χ3v) is 3.07. The highest BCUT2D eigenvalue weighted by molar-refractivity contribution is 9.10. The van der Waals surface area contributed by atoms with E-state index >= 15 is 0 Å². The molecule has 0 aliphatic carbocycles. The molecule has 2 aromatic rings. The van der Waals surface area contributed by atoms with E-state index in [2.05, 4.69) is 21.0 Å². The Morgan fingerprint density at radius 2 is 2.35 bits per heavy atom. The summed E-state index contributed by atoms with van der Waals surface area (Å²) in [4.78, 5) is 11.7. The number of carbonyl (C=O) groups is 1. The molecule has 5 nitrogen and oxygen atoms in total. The van der Waals surface area contributed by atoms with Crippen molar-refractivity contribution in [3.05, 3.63) is 28.5 Å². The minimum absolute atomic E-state index is 0.331. The second kappa shape index (κ2) is 4.75. The van der Waals surface area contributed by atoms with Crippen LogP contribution in [0, 0.1) is 0 Å². The maximum absolute atomic E-state index is 11.7. The van der Waals surface area contributed by atoms with Crippen LogP contribution in [0.5, 0.6) is 5.75 Å². The molecule has 0 amide bonds. The van der Waals surface area contributed by atoms with E-state index in [0.29, 0.717) is 27.9 Å². The summed E-state index contributed by atoms with van der Waals surface area (Å²) in [5.41, 5.74) is 1.06. The third kappa shape index (κ3) is 2.00. The van der Waals surface area contributed by atoms with Crippen LogP contribution in [0.15, 0.2) is 22.9 Å². The zero-order valence-corrected chi connectivity index (χ0v) is 11.0. The van der Waals surface area contributed by atoms with Crippen LogP contribution < -0.4 is 4.74 Å². The first-order valence-electron chi connectivity index (χ1n) is 5.06. The van der Waals surface area contributed by atoms with E-state index in [1.54, 1.807) is 30.8 Å². The van der Waals surface area contributed by atoms with Gasteiger partial charge < -0.3 is 9.47 Å². The highest BCUT2D eigenvalue weighted by Crippen LogP contribution is 2.31. The number of fused-ring (bicyclic) bond motifs is 1. The number of esters is 1. The average molecular weight is 299 g/mol. The van der Waals surface area contributed by atoms with Gasteiger partial charge in [-0.2, -0.15) is 5.10 Å². The lowest BCUT2D eigenvalue weighted by atomic mass is 10.2. The van der Waals surface area contributed by atoms with Crippen LogP contribution in [0.1, 0.15) is 17.3 Å². The monoisotopic (exact) mass is 298 g/mol. The Balaban J connectivity index is 2.61. The fourth-order valence-electron chi connectivity index (χ4n) is 1.54. The molecule has 0 saturated heterocycles. The molecule has 0 bridgehead atoms. The summed E-state index contributed by atoms with van der Waals surface area (Å²) in [6.45, 7) is 2.09. The SMILES string of the molecule is CCOC(=O)c1cnn2ccc(OC)c(Br)c12. The van der Waals surface area contributed by atoms with Crippen LogP contribution in [0.2, 0.25) is 0 Å². The lowest BCUT2D eigenvalue weighted by Crippen LogP contribution is -2.04. The lowest BCUT2D eigenvalue weighted by molar-refractivity contribution is 0.0528. The van der Waals surface area contributed by atoms with Gasteiger partial charge in [-0.15, -0.1) is 0 Å². The Hall–Kier alpha value is -1.56. The quantitative estimate of drug-likeness (QED) is 0.816. The standard InChI is InChI=1S/C11H11BrN2O3/c1-3-17-11(15)7-6-13-14-5-4-8(16-2)9(12)10(7)14/h4-6H,3H2,1-2H3. The minimum atomic E-state index is -0.392. The number of carbonyl (C=O) groups excluding carboxylic acids is 1. The Kier molecular flexibility index (Phi) is 3.33. The van der Waals surface area contributed by atoms with Crippen molar-refractivity contribution in [2.75, 3.05) is 13.7 Å². The zero-order chi connectivity index (χ0) is 12.4. The first-order valence-corrected chi connectivity index (χ1v) is 5.85. The number of ether oxygens (including phenoxy) is 2. The molecular formula is C11H11BrN2O3. The van der Waals surface area contributed by atoms with Crippen molar-refractivity contribution in [1.29, 1.82) is 0 Å². The van der Waals surface area contributed by atoms with Gasteiger partial charge in [-0.05, 0) is 28.9 Å². The number of rotatable bonds is 3. The van der Waals surface area contributed by atoms with E-state index in [0.717, 1.165) is 0 Å². The molecule has 0 radical (unpaired) electrons. The number of nitrogens with zero attached hydrogens (tertiary/aromatic N) is 2. The first kappa shape index (κ1) is 11.9. The molecule has 0 atom stereocenters. The minimum Gasteiger partial charge on any atom is -0.495 e.